The average Bonchev–Trinajstić information content (AvgIpc) is 3.39. The molecular weight excluding hydrogens is 376 g/mol. The maximum atomic E-state index is 13.2. The number of ether oxygens (including phenoxy) is 1. The molecule has 2 amide bonds. The normalized spacial score (nSPS) is 19.1. The van der Waals surface area contributed by atoms with Gasteiger partial charge in [-0.2, -0.15) is 5.10 Å². The molecule has 0 saturated carbocycles. The van der Waals surface area contributed by atoms with Crippen LogP contribution in [-0.2, 0) is 41.9 Å². The van der Waals surface area contributed by atoms with Crippen LogP contribution in [0.3, 0.4) is 0 Å². The van der Waals surface area contributed by atoms with E-state index in [9.17, 15) is 9.00 Å². The Bertz CT molecular complexity index is 1040. The van der Waals surface area contributed by atoms with Gasteiger partial charge in [0.15, 0.2) is 0 Å². The number of aromatic nitrogens is 2. The number of hydrogen-bond donors (Lipinski definition) is 2. The molecule has 1 aromatic carbocycles. The summed E-state index contributed by atoms with van der Waals surface area (Å²) in [5.41, 5.74) is 6.06. The van der Waals surface area contributed by atoms with Crippen molar-refractivity contribution in [3.8, 4) is 5.88 Å². The first-order valence-electron chi connectivity index (χ1n) is 9.84. The zero-order valence-electron chi connectivity index (χ0n) is 15.8. The Hall–Kier alpha value is -2.48. The van der Waals surface area contributed by atoms with Crippen molar-refractivity contribution < 1.29 is 13.7 Å². The van der Waals surface area contributed by atoms with Gasteiger partial charge in [0.05, 0.1) is 22.5 Å². The van der Waals surface area contributed by atoms with Gasteiger partial charge in [0.25, 0.3) is 0 Å². The third kappa shape index (κ3) is 2.87. The Labute approximate surface area is 164 Å². The summed E-state index contributed by atoms with van der Waals surface area (Å²) in [6.07, 6.45) is 8.63. The fourth-order valence-electron chi connectivity index (χ4n) is 4.58. The Morgan fingerprint density at radius 3 is 2.57 bits per heavy atom. The van der Waals surface area contributed by atoms with Gasteiger partial charge in [0.2, 0.25) is 5.88 Å². The minimum Gasteiger partial charge on any atom is -0.477 e. The van der Waals surface area contributed by atoms with Crippen LogP contribution in [0.15, 0.2) is 17.2 Å². The maximum absolute atomic E-state index is 13.2. The highest BCUT2D eigenvalue weighted by Crippen LogP contribution is 2.38. The van der Waals surface area contributed by atoms with E-state index in [-0.39, 0.29) is 0 Å². The molecule has 0 bridgehead atoms. The highest BCUT2D eigenvalue weighted by Gasteiger charge is 2.27. The molecule has 0 saturated heterocycles. The van der Waals surface area contributed by atoms with Crippen LogP contribution in [-0.4, -0.2) is 32.5 Å². The Kier molecular flexibility index (Phi) is 4.12. The number of carbonyl (C=O) groups is 1. The molecule has 0 fully saturated rings. The van der Waals surface area contributed by atoms with Crippen LogP contribution in [0.1, 0.15) is 41.5 Å². The van der Waals surface area contributed by atoms with Gasteiger partial charge >= 0.3 is 6.03 Å². The molecule has 2 N–H and O–H groups in total. The number of fused-ring (bicyclic) bond motifs is 3. The van der Waals surface area contributed by atoms with Crippen LogP contribution in [0.4, 0.5) is 10.5 Å². The Balaban J connectivity index is 1.41. The van der Waals surface area contributed by atoms with Crippen molar-refractivity contribution >= 4 is 27.3 Å². The summed E-state index contributed by atoms with van der Waals surface area (Å²) in [6, 6.07) is 1.82. The molecular formula is C20H24N4O3S. The first kappa shape index (κ1) is 17.6. The number of benzene rings is 1. The number of urea groups is 1. The summed E-state index contributed by atoms with van der Waals surface area (Å²) in [5, 5.41) is 7.21. The number of rotatable bonds is 3. The molecule has 2 heterocycles. The van der Waals surface area contributed by atoms with E-state index < -0.39 is 15.7 Å². The van der Waals surface area contributed by atoms with Crippen LogP contribution < -0.4 is 14.8 Å². The molecule has 28 heavy (non-hydrogen) atoms. The minimum absolute atomic E-state index is 0.339. The number of amides is 2. The number of anilines is 1. The van der Waals surface area contributed by atoms with Crippen LogP contribution in [0.2, 0.25) is 0 Å². The third-order valence-corrected chi connectivity index (χ3v) is 7.34. The molecule has 3 aliphatic rings. The van der Waals surface area contributed by atoms with Crippen LogP contribution in [0.25, 0.3) is 0 Å². The summed E-state index contributed by atoms with van der Waals surface area (Å²) in [4.78, 5) is 13.1. The van der Waals surface area contributed by atoms with Crippen molar-refractivity contribution in [2.45, 2.75) is 56.4 Å². The van der Waals surface area contributed by atoms with Crippen molar-refractivity contribution in [3.05, 3.63) is 34.5 Å². The monoisotopic (exact) mass is 400 g/mol. The van der Waals surface area contributed by atoms with Crippen LogP contribution in [0.5, 0.6) is 5.88 Å². The molecule has 1 aromatic heterocycles. The van der Waals surface area contributed by atoms with Gasteiger partial charge in [-0.25, -0.2) is 13.7 Å². The van der Waals surface area contributed by atoms with Crippen molar-refractivity contribution in [2.75, 3.05) is 11.9 Å². The topological polar surface area (TPSA) is 85.3 Å². The molecule has 1 atom stereocenters. The van der Waals surface area contributed by atoms with E-state index in [2.05, 4.69) is 27.1 Å². The first-order valence-corrected chi connectivity index (χ1v) is 11.6. The number of carbonyl (C=O) groups excluding carboxylic acids is 1. The van der Waals surface area contributed by atoms with Gasteiger partial charge in [-0.05, 0) is 66.6 Å². The fourth-order valence-corrected chi connectivity index (χ4v) is 5.71. The average molecular weight is 401 g/mol. The van der Waals surface area contributed by atoms with E-state index in [1.165, 1.54) is 28.5 Å². The fraction of sp³-hybridized carbons (Fsp3) is 0.450. The maximum Gasteiger partial charge on any atom is 0.330 e. The summed E-state index contributed by atoms with van der Waals surface area (Å²) in [7, 11) is -3.08. The molecule has 5 rings (SSSR count). The zero-order valence-corrected chi connectivity index (χ0v) is 16.6. The number of hydrogen-bond acceptors (Lipinski definition) is 4. The second-order valence-electron chi connectivity index (χ2n) is 7.70. The second kappa shape index (κ2) is 6.55. The first-order chi connectivity index (χ1) is 13.5. The molecule has 7 nitrogen and oxygen atoms in total. The SMILES string of the molecule is C=S(=O)(NC(=O)Nc1c2c(cc3c1CCC3)CCC2)c1cnn2c1OCCC2. The smallest absolute Gasteiger partial charge is 0.330 e. The quantitative estimate of drug-likeness (QED) is 0.775. The highest BCUT2D eigenvalue weighted by molar-refractivity contribution is 7.99. The van der Waals surface area contributed by atoms with Gasteiger partial charge in [0.1, 0.15) is 4.90 Å². The predicted octanol–water partition coefficient (Wildman–Crippen LogP) is 2.46. The number of nitrogens with zero attached hydrogens (tertiary/aromatic N) is 2. The standard InChI is InChI=1S/C20H24N4O3S/c1-28(26,17-12-21-24-9-4-10-27-19(17)24)23-20(25)22-18-15-7-2-5-13(15)11-14-6-3-8-16(14)18/h11-12H,1-10H2,(H2,22,23,25,26). The van der Waals surface area contributed by atoms with E-state index in [1.807, 2.05) is 0 Å². The summed E-state index contributed by atoms with van der Waals surface area (Å²) in [6.45, 7) is 1.25. The molecule has 8 heteroatoms. The van der Waals surface area contributed by atoms with E-state index >= 15 is 0 Å². The third-order valence-electron chi connectivity index (χ3n) is 5.84. The van der Waals surface area contributed by atoms with Crippen LogP contribution >= 0.6 is 0 Å². The van der Waals surface area contributed by atoms with Crippen molar-refractivity contribution in [3.63, 3.8) is 0 Å². The van der Waals surface area contributed by atoms with Crippen molar-refractivity contribution in [2.24, 2.45) is 0 Å². The molecule has 1 aliphatic heterocycles. The van der Waals surface area contributed by atoms with Crippen LogP contribution in [0, 0.1) is 0 Å². The molecule has 148 valence electrons. The molecule has 1 unspecified atom stereocenters. The lowest BCUT2D eigenvalue weighted by Crippen LogP contribution is -2.35. The van der Waals surface area contributed by atoms with Gasteiger partial charge in [-0.1, -0.05) is 6.07 Å². The second-order valence-corrected chi connectivity index (χ2v) is 9.70. The van der Waals surface area contributed by atoms with E-state index in [1.54, 1.807) is 4.68 Å². The van der Waals surface area contributed by atoms with Crippen molar-refractivity contribution in [1.82, 2.24) is 14.5 Å². The zero-order chi connectivity index (χ0) is 19.3. The highest BCUT2D eigenvalue weighted by atomic mass is 32.2. The minimum atomic E-state index is -3.08. The summed E-state index contributed by atoms with van der Waals surface area (Å²) in [5.74, 6) is 4.21. The number of aryl methyl sites for hydroxylation is 3. The van der Waals surface area contributed by atoms with Gasteiger partial charge < -0.3 is 10.1 Å². The van der Waals surface area contributed by atoms with Crippen molar-refractivity contribution in [1.29, 1.82) is 0 Å². The van der Waals surface area contributed by atoms with E-state index in [0.29, 0.717) is 23.9 Å². The lowest BCUT2D eigenvalue weighted by atomic mass is 9.99. The predicted molar refractivity (Wildman–Crippen MR) is 109 cm³/mol. The van der Waals surface area contributed by atoms with Gasteiger partial charge in [0, 0.05) is 18.7 Å². The molecule has 0 spiro atoms. The van der Waals surface area contributed by atoms with E-state index in [4.69, 9.17) is 4.74 Å². The molecule has 0 radical (unpaired) electrons. The molecule has 2 aromatic rings. The lowest BCUT2D eigenvalue weighted by Gasteiger charge is -2.19. The van der Waals surface area contributed by atoms with Gasteiger partial charge in [-0.3, -0.25) is 4.72 Å². The Morgan fingerprint density at radius 2 is 1.86 bits per heavy atom. The Morgan fingerprint density at radius 1 is 1.14 bits per heavy atom. The summed E-state index contributed by atoms with van der Waals surface area (Å²) < 4.78 is 23.0. The number of nitrogens with one attached hydrogen (secondary N) is 2. The van der Waals surface area contributed by atoms with E-state index in [0.717, 1.165) is 50.6 Å². The summed E-state index contributed by atoms with van der Waals surface area (Å²) >= 11 is 0. The van der Waals surface area contributed by atoms with Gasteiger partial charge in [-0.15, -0.1) is 0 Å². The lowest BCUT2D eigenvalue weighted by molar-refractivity contribution is 0.224. The molecule has 2 aliphatic carbocycles. The largest absolute Gasteiger partial charge is 0.477 e.